The van der Waals surface area contributed by atoms with Crippen LogP contribution in [0.5, 0.6) is 11.5 Å². The quantitative estimate of drug-likeness (QED) is 0.708. The molecule has 6 heteroatoms. The number of carbonyl (C=O) groups is 1. The summed E-state index contributed by atoms with van der Waals surface area (Å²) in [6.07, 6.45) is 0. The average Bonchev–Trinajstić information content (AvgIpc) is 2.58. The first-order valence-corrected chi connectivity index (χ1v) is 8.47. The van der Waals surface area contributed by atoms with Gasteiger partial charge in [-0.25, -0.2) is 0 Å². The van der Waals surface area contributed by atoms with E-state index >= 15 is 0 Å². The lowest BCUT2D eigenvalue weighted by molar-refractivity contribution is -0.122. The molecule has 0 saturated carbocycles. The Kier molecular flexibility index (Phi) is 7.10. The van der Waals surface area contributed by atoms with Crippen LogP contribution >= 0.6 is 11.6 Å². The number of halogens is 1. The lowest BCUT2D eigenvalue weighted by Crippen LogP contribution is -2.38. The van der Waals surface area contributed by atoms with Crippen LogP contribution in [0.25, 0.3) is 0 Å². The maximum absolute atomic E-state index is 12.0. The van der Waals surface area contributed by atoms with E-state index in [0.29, 0.717) is 23.9 Å². The zero-order valence-corrected chi connectivity index (χ0v) is 15.2. The molecule has 25 heavy (non-hydrogen) atoms. The highest BCUT2D eigenvalue weighted by atomic mass is 35.5. The molecule has 134 valence electrons. The average molecular weight is 363 g/mol. The number of likely N-dealkylation sites (N-methyl/N-ethyl adjacent to an activating group) is 1. The summed E-state index contributed by atoms with van der Waals surface area (Å²) in [4.78, 5) is 14.0. The van der Waals surface area contributed by atoms with Crippen molar-refractivity contribution in [3.05, 3.63) is 59.1 Å². The van der Waals surface area contributed by atoms with Gasteiger partial charge in [-0.15, -0.1) is 0 Å². The molecule has 0 radical (unpaired) electrons. The van der Waals surface area contributed by atoms with Crippen LogP contribution in [0.15, 0.2) is 48.5 Å². The largest absolute Gasteiger partial charge is 0.508 e. The van der Waals surface area contributed by atoms with Crippen molar-refractivity contribution in [3.8, 4) is 11.5 Å². The van der Waals surface area contributed by atoms with E-state index in [1.54, 1.807) is 30.3 Å². The summed E-state index contributed by atoms with van der Waals surface area (Å²) >= 11 is 5.88. The van der Waals surface area contributed by atoms with Crippen molar-refractivity contribution in [1.82, 2.24) is 10.2 Å². The van der Waals surface area contributed by atoms with Crippen LogP contribution in [0.1, 0.15) is 18.5 Å². The van der Waals surface area contributed by atoms with Gasteiger partial charge in [-0.2, -0.15) is 0 Å². The standard InChI is InChI=1S/C19H23ClN2O3/c1-14(15-5-3-7-17(23)11-15)22(2)13-19(24)21-9-10-25-18-8-4-6-16(20)12-18/h3-8,11-12,14,23H,9-10,13H2,1-2H3,(H,21,24). The number of phenols is 1. The summed E-state index contributed by atoms with van der Waals surface area (Å²) in [5, 5.41) is 13.0. The van der Waals surface area contributed by atoms with E-state index in [2.05, 4.69) is 5.32 Å². The zero-order valence-electron chi connectivity index (χ0n) is 14.4. The Morgan fingerprint density at radius 3 is 2.76 bits per heavy atom. The van der Waals surface area contributed by atoms with Crippen LogP contribution in [-0.2, 0) is 4.79 Å². The van der Waals surface area contributed by atoms with Gasteiger partial charge in [0, 0.05) is 11.1 Å². The molecule has 1 atom stereocenters. The van der Waals surface area contributed by atoms with Crippen LogP contribution in [0.4, 0.5) is 0 Å². The number of hydrogen-bond donors (Lipinski definition) is 2. The van der Waals surface area contributed by atoms with Gasteiger partial charge in [-0.1, -0.05) is 29.8 Å². The van der Waals surface area contributed by atoms with Crippen molar-refractivity contribution < 1.29 is 14.6 Å². The third-order valence-electron chi connectivity index (χ3n) is 3.90. The van der Waals surface area contributed by atoms with Crippen molar-refractivity contribution in [2.45, 2.75) is 13.0 Å². The molecule has 0 fully saturated rings. The van der Waals surface area contributed by atoms with Crippen LogP contribution < -0.4 is 10.1 Å². The summed E-state index contributed by atoms with van der Waals surface area (Å²) < 4.78 is 5.53. The van der Waals surface area contributed by atoms with E-state index in [0.717, 1.165) is 5.56 Å². The molecular weight excluding hydrogens is 340 g/mol. The van der Waals surface area contributed by atoms with Crippen LogP contribution in [0.3, 0.4) is 0 Å². The molecule has 2 N–H and O–H groups in total. The van der Waals surface area contributed by atoms with Gasteiger partial charge in [0.1, 0.15) is 18.1 Å². The van der Waals surface area contributed by atoms with Crippen LogP contribution in [0, 0.1) is 0 Å². The molecule has 0 aromatic heterocycles. The van der Waals surface area contributed by atoms with Crippen LogP contribution in [-0.4, -0.2) is 42.7 Å². The molecule has 0 spiro atoms. The van der Waals surface area contributed by atoms with E-state index in [9.17, 15) is 9.90 Å². The molecular formula is C19H23ClN2O3. The molecule has 5 nitrogen and oxygen atoms in total. The van der Waals surface area contributed by atoms with E-state index in [1.165, 1.54) is 0 Å². The molecule has 1 amide bonds. The maximum Gasteiger partial charge on any atom is 0.234 e. The molecule has 2 aromatic rings. The van der Waals surface area contributed by atoms with Gasteiger partial charge in [0.15, 0.2) is 0 Å². The number of amides is 1. The second-order valence-corrected chi connectivity index (χ2v) is 6.28. The summed E-state index contributed by atoms with van der Waals surface area (Å²) in [6, 6.07) is 14.2. The van der Waals surface area contributed by atoms with Gasteiger partial charge in [0.2, 0.25) is 5.91 Å². The van der Waals surface area contributed by atoms with Crippen molar-refractivity contribution >= 4 is 17.5 Å². The molecule has 2 rings (SSSR count). The number of benzene rings is 2. The summed E-state index contributed by atoms with van der Waals surface area (Å²) in [7, 11) is 1.87. The Morgan fingerprint density at radius 1 is 1.28 bits per heavy atom. The Bertz CT molecular complexity index is 709. The molecule has 0 aliphatic carbocycles. The number of aromatic hydroxyl groups is 1. The maximum atomic E-state index is 12.0. The molecule has 0 bridgehead atoms. The number of ether oxygens (including phenoxy) is 1. The minimum Gasteiger partial charge on any atom is -0.508 e. The second kappa shape index (κ2) is 9.30. The SMILES string of the molecule is CC(c1cccc(O)c1)N(C)CC(=O)NCCOc1cccc(Cl)c1. The van der Waals surface area contributed by atoms with Crippen molar-refractivity contribution in [2.24, 2.45) is 0 Å². The molecule has 2 aromatic carbocycles. The monoisotopic (exact) mass is 362 g/mol. The van der Waals surface area contributed by atoms with Crippen molar-refractivity contribution in [2.75, 3.05) is 26.7 Å². The van der Waals surface area contributed by atoms with Crippen molar-refractivity contribution in [3.63, 3.8) is 0 Å². The molecule has 0 saturated heterocycles. The minimum absolute atomic E-state index is 0.0144. The first-order valence-electron chi connectivity index (χ1n) is 8.10. The minimum atomic E-state index is -0.0794. The normalized spacial score (nSPS) is 12.0. The summed E-state index contributed by atoms with van der Waals surface area (Å²) in [5.74, 6) is 0.820. The number of phenolic OH excluding ortho intramolecular Hbond substituents is 1. The first kappa shape index (κ1) is 19.1. The lowest BCUT2D eigenvalue weighted by Gasteiger charge is -2.24. The Hall–Kier alpha value is -2.24. The van der Waals surface area contributed by atoms with Gasteiger partial charge in [-0.05, 0) is 49.9 Å². The lowest BCUT2D eigenvalue weighted by atomic mass is 10.1. The highest BCUT2D eigenvalue weighted by molar-refractivity contribution is 6.30. The first-order chi connectivity index (χ1) is 12.0. The fraction of sp³-hybridized carbons (Fsp3) is 0.316. The van der Waals surface area contributed by atoms with E-state index in [1.807, 2.05) is 37.1 Å². The summed E-state index contributed by atoms with van der Waals surface area (Å²) in [6.45, 7) is 3.04. The van der Waals surface area contributed by atoms with E-state index < -0.39 is 0 Å². The van der Waals surface area contributed by atoms with Crippen LogP contribution in [0.2, 0.25) is 5.02 Å². The smallest absolute Gasteiger partial charge is 0.234 e. The Morgan fingerprint density at radius 2 is 2.04 bits per heavy atom. The highest BCUT2D eigenvalue weighted by Gasteiger charge is 2.15. The molecule has 0 aliphatic heterocycles. The number of carbonyl (C=O) groups excluding carboxylic acids is 1. The Balaban J connectivity index is 1.72. The molecule has 1 unspecified atom stereocenters. The summed E-state index contributed by atoms with van der Waals surface area (Å²) in [5.41, 5.74) is 0.958. The third kappa shape index (κ3) is 6.29. The van der Waals surface area contributed by atoms with Gasteiger partial charge < -0.3 is 15.2 Å². The van der Waals surface area contributed by atoms with Gasteiger partial charge in [0.25, 0.3) is 0 Å². The number of nitrogens with zero attached hydrogens (tertiary/aromatic N) is 1. The number of hydrogen-bond acceptors (Lipinski definition) is 4. The fourth-order valence-corrected chi connectivity index (χ4v) is 2.55. The van der Waals surface area contributed by atoms with Crippen molar-refractivity contribution in [1.29, 1.82) is 0 Å². The third-order valence-corrected chi connectivity index (χ3v) is 4.13. The molecule has 0 aliphatic rings. The predicted molar refractivity (Wildman–Crippen MR) is 99.1 cm³/mol. The molecule has 0 heterocycles. The van der Waals surface area contributed by atoms with Gasteiger partial charge in [0.05, 0.1) is 13.1 Å². The van der Waals surface area contributed by atoms with Gasteiger partial charge in [-0.3, -0.25) is 9.69 Å². The number of nitrogens with one attached hydrogen (secondary N) is 1. The zero-order chi connectivity index (χ0) is 18.2. The Labute approximate surface area is 153 Å². The number of rotatable bonds is 8. The predicted octanol–water partition coefficient (Wildman–Crippen LogP) is 3.23. The second-order valence-electron chi connectivity index (χ2n) is 5.84. The highest BCUT2D eigenvalue weighted by Crippen LogP contribution is 2.22. The van der Waals surface area contributed by atoms with E-state index in [4.69, 9.17) is 16.3 Å². The van der Waals surface area contributed by atoms with Gasteiger partial charge >= 0.3 is 0 Å². The van der Waals surface area contributed by atoms with E-state index in [-0.39, 0.29) is 24.2 Å². The topological polar surface area (TPSA) is 61.8 Å². The fourth-order valence-electron chi connectivity index (χ4n) is 2.37.